The van der Waals surface area contributed by atoms with Crippen LogP contribution in [0, 0.1) is 5.92 Å². The fraction of sp³-hybridized carbons (Fsp3) is 0.706. The lowest BCUT2D eigenvalue weighted by molar-refractivity contribution is -0.141. The molecule has 3 heterocycles. The zero-order valence-electron chi connectivity index (χ0n) is 13.3. The number of aromatic nitrogens is 1. The van der Waals surface area contributed by atoms with Gasteiger partial charge in [0.05, 0.1) is 0 Å². The molecule has 0 unspecified atom stereocenters. The lowest BCUT2D eigenvalue weighted by atomic mass is 9.83. The van der Waals surface area contributed by atoms with Crippen molar-refractivity contribution in [1.29, 1.82) is 0 Å². The number of nitrogens with zero attached hydrogens (tertiary/aromatic N) is 2. The maximum Gasteiger partial charge on any atom is 0.433 e. The highest BCUT2D eigenvalue weighted by Gasteiger charge is 2.33. The van der Waals surface area contributed by atoms with Gasteiger partial charge in [-0.25, -0.2) is 0 Å². The van der Waals surface area contributed by atoms with E-state index in [0.29, 0.717) is 18.5 Å². The van der Waals surface area contributed by atoms with Crippen molar-refractivity contribution in [3.05, 3.63) is 29.6 Å². The third-order valence-corrected chi connectivity index (χ3v) is 5.08. The Morgan fingerprint density at radius 3 is 2.70 bits per heavy atom. The smallest absolute Gasteiger partial charge is 0.312 e. The van der Waals surface area contributed by atoms with Crippen LogP contribution in [-0.2, 0) is 12.7 Å². The molecule has 2 aliphatic heterocycles. The molecule has 1 aromatic heterocycles. The average molecular weight is 327 g/mol. The predicted molar refractivity (Wildman–Crippen MR) is 82.9 cm³/mol. The maximum absolute atomic E-state index is 12.5. The highest BCUT2D eigenvalue weighted by atomic mass is 19.4. The number of piperidine rings is 2. The first-order chi connectivity index (χ1) is 11.0. The van der Waals surface area contributed by atoms with E-state index < -0.39 is 11.9 Å². The van der Waals surface area contributed by atoms with Crippen LogP contribution in [0.2, 0.25) is 0 Å². The third-order valence-electron chi connectivity index (χ3n) is 5.08. The zero-order chi connectivity index (χ0) is 16.3. The van der Waals surface area contributed by atoms with Crippen molar-refractivity contribution < 1.29 is 13.2 Å². The predicted octanol–water partition coefficient (Wildman–Crippen LogP) is 3.45. The number of alkyl halides is 3. The van der Waals surface area contributed by atoms with Gasteiger partial charge < -0.3 is 10.2 Å². The van der Waals surface area contributed by atoms with Crippen LogP contribution >= 0.6 is 0 Å². The van der Waals surface area contributed by atoms with Gasteiger partial charge >= 0.3 is 6.18 Å². The molecule has 2 atom stereocenters. The van der Waals surface area contributed by atoms with Crippen molar-refractivity contribution in [1.82, 2.24) is 15.2 Å². The van der Waals surface area contributed by atoms with E-state index in [4.69, 9.17) is 0 Å². The van der Waals surface area contributed by atoms with E-state index in [1.165, 1.54) is 57.5 Å². The standard InChI is InChI=1S/C17H24F3N3/c18-17(19,20)16-7-6-13(11-22-16)10-21-12-14-4-3-9-23-8-2-1-5-15(14)23/h6-7,11,14-15,21H,1-5,8-10,12H2/t14-,15+/m0/s1. The molecule has 2 fully saturated rings. The molecule has 6 heteroatoms. The summed E-state index contributed by atoms with van der Waals surface area (Å²) < 4.78 is 37.5. The summed E-state index contributed by atoms with van der Waals surface area (Å²) in [6.45, 7) is 3.96. The number of hydrogen-bond acceptors (Lipinski definition) is 3. The topological polar surface area (TPSA) is 28.2 Å². The van der Waals surface area contributed by atoms with Crippen molar-refractivity contribution in [2.75, 3.05) is 19.6 Å². The van der Waals surface area contributed by atoms with Crippen LogP contribution in [0.1, 0.15) is 43.4 Å². The lowest BCUT2D eigenvalue weighted by Gasteiger charge is -2.44. The normalized spacial score (nSPS) is 26.0. The first-order valence-corrected chi connectivity index (χ1v) is 8.51. The average Bonchev–Trinajstić information content (AvgIpc) is 2.55. The Labute approximate surface area is 135 Å². The first-order valence-electron chi connectivity index (χ1n) is 8.51. The minimum atomic E-state index is -4.36. The van der Waals surface area contributed by atoms with Crippen molar-refractivity contribution in [2.24, 2.45) is 5.92 Å². The van der Waals surface area contributed by atoms with Gasteiger partial charge in [0.15, 0.2) is 0 Å². The van der Waals surface area contributed by atoms with Gasteiger partial charge in [0.1, 0.15) is 5.69 Å². The molecule has 0 aliphatic carbocycles. The number of rotatable bonds is 4. The monoisotopic (exact) mass is 327 g/mol. The van der Waals surface area contributed by atoms with Gasteiger partial charge in [-0.1, -0.05) is 12.5 Å². The molecule has 2 saturated heterocycles. The number of halogens is 3. The summed E-state index contributed by atoms with van der Waals surface area (Å²) in [6, 6.07) is 3.26. The zero-order valence-corrected chi connectivity index (χ0v) is 13.3. The molecule has 23 heavy (non-hydrogen) atoms. The minimum absolute atomic E-state index is 0.578. The van der Waals surface area contributed by atoms with E-state index in [1.807, 2.05) is 0 Å². The van der Waals surface area contributed by atoms with Crippen LogP contribution in [0.4, 0.5) is 13.2 Å². The lowest BCUT2D eigenvalue weighted by Crippen LogP contribution is -2.50. The molecule has 0 radical (unpaired) electrons. The summed E-state index contributed by atoms with van der Waals surface area (Å²) in [5, 5.41) is 3.41. The third kappa shape index (κ3) is 4.23. The second-order valence-corrected chi connectivity index (χ2v) is 6.68. The van der Waals surface area contributed by atoms with Gasteiger partial charge in [-0.2, -0.15) is 13.2 Å². The maximum atomic E-state index is 12.5. The Morgan fingerprint density at radius 2 is 1.96 bits per heavy atom. The van der Waals surface area contributed by atoms with E-state index >= 15 is 0 Å². The van der Waals surface area contributed by atoms with Gasteiger partial charge in [0, 0.05) is 18.8 Å². The molecule has 0 bridgehead atoms. The Morgan fingerprint density at radius 1 is 1.13 bits per heavy atom. The Hall–Kier alpha value is -1.14. The van der Waals surface area contributed by atoms with Gasteiger partial charge in [0.2, 0.25) is 0 Å². The second-order valence-electron chi connectivity index (χ2n) is 6.68. The van der Waals surface area contributed by atoms with E-state index in [-0.39, 0.29) is 0 Å². The fourth-order valence-electron chi connectivity index (χ4n) is 3.91. The largest absolute Gasteiger partial charge is 0.433 e. The molecule has 0 saturated carbocycles. The summed E-state index contributed by atoms with van der Waals surface area (Å²) in [7, 11) is 0. The Balaban J connectivity index is 1.49. The van der Waals surface area contributed by atoms with E-state index in [9.17, 15) is 13.2 Å². The van der Waals surface area contributed by atoms with Crippen molar-refractivity contribution in [3.8, 4) is 0 Å². The van der Waals surface area contributed by atoms with E-state index in [2.05, 4.69) is 15.2 Å². The van der Waals surface area contributed by atoms with E-state index in [1.54, 1.807) is 0 Å². The van der Waals surface area contributed by atoms with Gasteiger partial charge in [-0.15, -0.1) is 0 Å². The molecule has 2 aliphatic rings. The fourth-order valence-corrected chi connectivity index (χ4v) is 3.91. The van der Waals surface area contributed by atoms with Crippen molar-refractivity contribution in [3.63, 3.8) is 0 Å². The second kappa shape index (κ2) is 7.18. The Kier molecular flexibility index (Phi) is 5.21. The molecular weight excluding hydrogens is 303 g/mol. The van der Waals surface area contributed by atoms with Gasteiger partial charge in [-0.05, 0) is 62.9 Å². The molecule has 0 spiro atoms. The quantitative estimate of drug-likeness (QED) is 0.918. The van der Waals surface area contributed by atoms with Crippen LogP contribution in [0.3, 0.4) is 0 Å². The Bertz CT molecular complexity index is 499. The summed E-state index contributed by atoms with van der Waals surface area (Å²) in [6.07, 6.45) is 3.38. The van der Waals surface area contributed by atoms with Crippen molar-refractivity contribution >= 4 is 0 Å². The van der Waals surface area contributed by atoms with Crippen molar-refractivity contribution in [2.45, 2.75) is 50.9 Å². The summed E-state index contributed by atoms with van der Waals surface area (Å²) >= 11 is 0. The SMILES string of the molecule is FC(F)(F)c1ccc(CNC[C@@H]2CCCN3CCCC[C@H]23)cn1. The number of hydrogen-bond donors (Lipinski definition) is 1. The highest BCUT2D eigenvalue weighted by Crippen LogP contribution is 2.30. The van der Waals surface area contributed by atoms with Gasteiger partial charge in [-0.3, -0.25) is 4.98 Å². The summed E-state index contributed by atoms with van der Waals surface area (Å²) in [4.78, 5) is 6.13. The number of pyridine rings is 1. The number of nitrogens with one attached hydrogen (secondary N) is 1. The number of fused-ring (bicyclic) bond motifs is 1. The van der Waals surface area contributed by atoms with Crippen LogP contribution in [0.5, 0.6) is 0 Å². The molecule has 1 N–H and O–H groups in total. The first kappa shape index (κ1) is 16.7. The molecule has 0 aromatic carbocycles. The molecule has 1 aromatic rings. The summed E-state index contributed by atoms with van der Waals surface area (Å²) in [5.74, 6) is 0.659. The van der Waals surface area contributed by atoms with Gasteiger partial charge in [0.25, 0.3) is 0 Å². The van der Waals surface area contributed by atoms with Crippen LogP contribution in [0.15, 0.2) is 18.3 Å². The van der Waals surface area contributed by atoms with Crippen LogP contribution in [0.25, 0.3) is 0 Å². The van der Waals surface area contributed by atoms with E-state index in [0.717, 1.165) is 18.2 Å². The van der Waals surface area contributed by atoms with Crippen LogP contribution < -0.4 is 5.32 Å². The molecular formula is C17H24F3N3. The molecule has 128 valence electrons. The van der Waals surface area contributed by atoms with Crippen LogP contribution in [-0.4, -0.2) is 35.6 Å². The summed E-state index contributed by atoms with van der Waals surface area (Å²) in [5.41, 5.74) is -0.0271. The minimum Gasteiger partial charge on any atom is -0.312 e. The molecule has 3 nitrogen and oxygen atoms in total. The highest BCUT2D eigenvalue weighted by molar-refractivity contribution is 5.15. The molecule has 3 rings (SSSR count). The molecule has 0 amide bonds.